The summed E-state index contributed by atoms with van der Waals surface area (Å²) < 4.78 is 5.83. The molecule has 156 valence electrons. The van der Waals surface area contributed by atoms with Crippen molar-refractivity contribution >= 4 is 24.1 Å². The van der Waals surface area contributed by atoms with Crippen LogP contribution in [0.2, 0.25) is 0 Å². The lowest BCUT2D eigenvalue weighted by atomic mass is 10.0. The zero-order valence-electron chi connectivity index (χ0n) is 17.2. The van der Waals surface area contributed by atoms with Crippen LogP contribution in [0.1, 0.15) is 66.2 Å². The van der Waals surface area contributed by atoms with Crippen molar-refractivity contribution in [2.24, 2.45) is 5.92 Å². The average Bonchev–Trinajstić information content (AvgIpc) is 2.57. The first-order valence-corrected chi connectivity index (χ1v) is 9.39. The third kappa shape index (κ3) is 13.8. The number of amides is 2. The second-order valence-corrected chi connectivity index (χ2v) is 7.45. The first kappa shape index (κ1) is 25.0. The number of nitrogens with one attached hydrogen (secondary N) is 1. The fraction of sp³-hybridized carbons (Fsp3) is 0.789. The molecule has 0 atom stereocenters. The number of ether oxygens (including phenoxy) is 1. The lowest BCUT2D eigenvalue weighted by Gasteiger charge is -2.26. The average molecular weight is 386 g/mol. The molecule has 0 saturated carbocycles. The van der Waals surface area contributed by atoms with Gasteiger partial charge in [0.05, 0.1) is 12.0 Å². The van der Waals surface area contributed by atoms with Crippen LogP contribution >= 0.6 is 0 Å². The van der Waals surface area contributed by atoms with E-state index >= 15 is 0 Å². The maximum absolute atomic E-state index is 11.8. The summed E-state index contributed by atoms with van der Waals surface area (Å²) in [5.41, 5.74) is -0.328. The van der Waals surface area contributed by atoms with E-state index in [0.717, 1.165) is 11.5 Å². The summed E-state index contributed by atoms with van der Waals surface area (Å²) in [6.07, 6.45) is 2.16. The topological polar surface area (TPSA) is 102 Å². The first-order valence-electron chi connectivity index (χ1n) is 9.39. The summed E-state index contributed by atoms with van der Waals surface area (Å²) in [6.45, 7) is 9.37. The molecule has 0 fully saturated rings. The van der Waals surface area contributed by atoms with E-state index in [1.807, 2.05) is 13.8 Å². The Morgan fingerprint density at radius 1 is 1.15 bits per heavy atom. The maximum atomic E-state index is 11.8. The number of carbonyl (C=O) groups is 4. The monoisotopic (exact) mass is 386 g/mol. The van der Waals surface area contributed by atoms with Crippen LogP contribution < -0.4 is 5.32 Å². The van der Waals surface area contributed by atoms with Crippen LogP contribution in [0.25, 0.3) is 0 Å². The van der Waals surface area contributed by atoms with E-state index in [9.17, 15) is 19.2 Å². The first-order chi connectivity index (χ1) is 12.6. The minimum Gasteiger partial charge on any atom is -0.375 e. The van der Waals surface area contributed by atoms with Gasteiger partial charge in [-0.1, -0.05) is 13.8 Å². The van der Waals surface area contributed by atoms with E-state index in [4.69, 9.17) is 9.57 Å². The number of nitrogens with zero attached hydrogens (tertiary/aromatic N) is 1. The molecule has 0 rings (SSSR count). The lowest BCUT2D eigenvalue weighted by Crippen LogP contribution is -2.34. The van der Waals surface area contributed by atoms with Crippen molar-refractivity contribution < 1.29 is 28.8 Å². The number of hydrogen-bond acceptors (Lipinski definition) is 6. The second-order valence-electron chi connectivity index (χ2n) is 7.45. The van der Waals surface area contributed by atoms with Crippen molar-refractivity contribution in [3.63, 3.8) is 0 Å². The standard InChI is InChI=1S/C19H34N2O6/c1-15(2)10-14-26-19(3,4)11-12-20-16(23)8-9-18(25)27-21(5)17(24)7-6-13-22/h13,15H,6-12,14H2,1-5H3,(H,20,23). The minimum absolute atomic E-state index is 0.0240. The van der Waals surface area contributed by atoms with Gasteiger partial charge < -0.3 is 19.7 Å². The van der Waals surface area contributed by atoms with Gasteiger partial charge in [-0.15, -0.1) is 0 Å². The Morgan fingerprint density at radius 2 is 1.81 bits per heavy atom. The quantitative estimate of drug-likeness (QED) is 0.384. The molecule has 0 aromatic rings. The minimum atomic E-state index is -0.676. The SMILES string of the molecule is CC(C)CCOC(C)(C)CCNC(=O)CCC(=O)ON(C)C(=O)CCC=O. The normalized spacial score (nSPS) is 11.2. The number of hydroxylamine groups is 2. The predicted molar refractivity (Wildman–Crippen MR) is 101 cm³/mol. The van der Waals surface area contributed by atoms with E-state index in [1.54, 1.807) is 0 Å². The summed E-state index contributed by atoms with van der Waals surface area (Å²) in [6, 6.07) is 0. The molecule has 0 saturated heterocycles. The summed E-state index contributed by atoms with van der Waals surface area (Å²) >= 11 is 0. The van der Waals surface area contributed by atoms with E-state index in [2.05, 4.69) is 19.2 Å². The molecule has 0 aromatic carbocycles. The highest BCUT2D eigenvalue weighted by Gasteiger charge is 2.19. The number of rotatable bonds is 13. The third-order valence-electron chi connectivity index (χ3n) is 3.86. The molecule has 0 spiro atoms. The highest BCUT2D eigenvalue weighted by molar-refractivity contribution is 5.82. The van der Waals surface area contributed by atoms with Crippen molar-refractivity contribution in [3.05, 3.63) is 0 Å². The van der Waals surface area contributed by atoms with Crippen LogP contribution in [0.4, 0.5) is 0 Å². The fourth-order valence-electron chi connectivity index (χ4n) is 2.04. The molecule has 0 bridgehead atoms. The van der Waals surface area contributed by atoms with Crippen molar-refractivity contribution in [2.45, 2.75) is 71.8 Å². The molecule has 0 aliphatic heterocycles. The molecular weight excluding hydrogens is 352 g/mol. The zero-order chi connectivity index (χ0) is 20.9. The van der Waals surface area contributed by atoms with Gasteiger partial charge in [0, 0.05) is 39.5 Å². The molecule has 0 unspecified atom stereocenters. The summed E-state index contributed by atoms with van der Waals surface area (Å²) in [7, 11) is 1.30. The number of carbonyl (C=O) groups excluding carboxylic acids is 4. The van der Waals surface area contributed by atoms with Crippen LogP contribution in [0, 0.1) is 5.92 Å². The Hall–Kier alpha value is -1.96. The van der Waals surface area contributed by atoms with Crippen molar-refractivity contribution in [3.8, 4) is 0 Å². The molecule has 8 nitrogen and oxygen atoms in total. The maximum Gasteiger partial charge on any atom is 0.333 e. The van der Waals surface area contributed by atoms with Gasteiger partial charge in [-0.25, -0.2) is 4.79 Å². The predicted octanol–water partition coefficient (Wildman–Crippen LogP) is 2.01. The van der Waals surface area contributed by atoms with Crippen molar-refractivity contribution in [1.29, 1.82) is 0 Å². The fourth-order valence-corrected chi connectivity index (χ4v) is 2.04. The summed E-state index contributed by atoms with van der Waals surface area (Å²) in [5.74, 6) is -0.830. The van der Waals surface area contributed by atoms with Crippen LogP contribution in [0.5, 0.6) is 0 Å². The van der Waals surface area contributed by atoms with Gasteiger partial charge in [0.2, 0.25) is 5.91 Å². The Kier molecular flexibility index (Phi) is 12.3. The molecular formula is C19H34N2O6. The highest BCUT2D eigenvalue weighted by Crippen LogP contribution is 2.15. The van der Waals surface area contributed by atoms with Crippen LogP contribution in [0.15, 0.2) is 0 Å². The largest absolute Gasteiger partial charge is 0.375 e. The molecule has 0 aliphatic carbocycles. The molecule has 0 radical (unpaired) electrons. The van der Waals surface area contributed by atoms with E-state index in [1.165, 1.54) is 7.05 Å². The zero-order valence-corrected chi connectivity index (χ0v) is 17.2. The van der Waals surface area contributed by atoms with E-state index < -0.39 is 11.9 Å². The number of aldehydes is 1. The van der Waals surface area contributed by atoms with Gasteiger partial charge in [-0.3, -0.25) is 9.59 Å². The number of hydrogen-bond donors (Lipinski definition) is 1. The van der Waals surface area contributed by atoms with Gasteiger partial charge in [0.15, 0.2) is 0 Å². The Bertz CT molecular complexity index is 491. The smallest absolute Gasteiger partial charge is 0.333 e. The molecule has 0 aromatic heterocycles. The third-order valence-corrected chi connectivity index (χ3v) is 3.86. The highest BCUT2D eigenvalue weighted by atomic mass is 16.7. The van der Waals surface area contributed by atoms with Gasteiger partial charge in [0.25, 0.3) is 5.91 Å². The molecule has 0 aliphatic rings. The molecule has 1 N–H and O–H groups in total. The summed E-state index contributed by atoms with van der Waals surface area (Å²) in [5, 5.41) is 3.54. The van der Waals surface area contributed by atoms with E-state index in [-0.39, 0.29) is 37.2 Å². The van der Waals surface area contributed by atoms with E-state index in [0.29, 0.717) is 31.8 Å². The Labute approximate surface area is 161 Å². The molecule has 2 amide bonds. The van der Waals surface area contributed by atoms with Crippen LogP contribution in [-0.4, -0.2) is 54.9 Å². The van der Waals surface area contributed by atoms with Gasteiger partial charge in [-0.05, 0) is 32.6 Å². The Morgan fingerprint density at radius 3 is 2.41 bits per heavy atom. The lowest BCUT2D eigenvalue weighted by molar-refractivity contribution is -0.192. The second kappa shape index (κ2) is 13.2. The van der Waals surface area contributed by atoms with Crippen molar-refractivity contribution in [1.82, 2.24) is 10.4 Å². The Balaban J connectivity index is 3.97. The van der Waals surface area contributed by atoms with Gasteiger partial charge in [-0.2, -0.15) is 5.06 Å². The van der Waals surface area contributed by atoms with Crippen LogP contribution in [-0.2, 0) is 28.8 Å². The van der Waals surface area contributed by atoms with Crippen molar-refractivity contribution in [2.75, 3.05) is 20.2 Å². The van der Waals surface area contributed by atoms with Crippen LogP contribution in [0.3, 0.4) is 0 Å². The molecule has 8 heteroatoms. The van der Waals surface area contributed by atoms with Gasteiger partial charge >= 0.3 is 5.97 Å². The molecule has 0 heterocycles. The summed E-state index contributed by atoms with van der Waals surface area (Å²) in [4.78, 5) is 50.0. The van der Waals surface area contributed by atoms with Gasteiger partial charge in [0.1, 0.15) is 6.29 Å². The molecule has 27 heavy (non-hydrogen) atoms.